The van der Waals surface area contributed by atoms with Crippen molar-refractivity contribution in [3.8, 4) is 6.07 Å². The Morgan fingerprint density at radius 2 is 2.29 bits per heavy atom. The first-order valence-corrected chi connectivity index (χ1v) is 4.82. The van der Waals surface area contributed by atoms with Crippen LogP contribution >= 0.6 is 15.9 Å². The highest BCUT2D eigenvalue weighted by Crippen LogP contribution is 2.22. The lowest BCUT2D eigenvalue weighted by Gasteiger charge is -2.03. The Hall–Kier alpha value is -1.21. The van der Waals surface area contributed by atoms with Crippen LogP contribution in [-0.2, 0) is 0 Å². The molecule has 0 saturated carbocycles. The molecule has 0 radical (unpaired) electrons. The maximum Gasteiger partial charge on any atom is 0.165 e. The molecule has 2 nitrogen and oxygen atoms in total. The van der Waals surface area contributed by atoms with E-state index in [1.165, 1.54) is 12.1 Å². The number of Topliss-reactive ketones (excluding diaryl/α,β-unsaturated/α-hetero) is 1. The zero-order chi connectivity index (χ0) is 10.7. The number of benzene rings is 1. The first-order valence-electron chi connectivity index (χ1n) is 4.03. The molecule has 1 rings (SSSR count). The molecular weight excluding hydrogens is 249 g/mol. The molecule has 0 N–H and O–H groups in total. The summed E-state index contributed by atoms with van der Waals surface area (Å²) in [7, 11) is 0. The number of hydrogen-bond acceptors (Lipinski definition) is 2. The Balaban J connectivity index is 3.37. The zero-order valence-electron chi connectivity index (χ0n) is 7.47. The fraction of sp³-hybridized carbons (Fsp3) is 0.200. The van der Waals surface area contributed by atoms with Crippen LogP contribution < -0.4 is 0 Å². The van der Waals surface area contributed by atoms with E-state index in [4.69, 9.17) is 5.26 Å². The molecule has 0 aliphatic heterocycles. The Bertz CT molecular complexity index is 423. The lowest BCUT2D eigenvalue weighted by molar-refractivity contribution is 0.0984. The number of nitrogens with zero attached hydrogens (tertiary/aromatic N) is 1. The molecule has 0 aliphatic carbocycles. The molecule has 0 saturated heterocycles. The van der Waals surface area contributed by atoms with E-state index in [-0.39, 0.29) is 23.3 Å². The molecule has 0 bridgehead atoms. The molecule has 0 spiro atoms. The first-order chi connectivity index (χ1) is 6.61. The Morgan fingerprint density at radius 3 is 2.79 bits per heavy atom. The third-order valence-corrected chi connectivity index (χ3v) is 2.49. The highest BCUT2D eigenvalue weighted by molar-refractivity contribution is 9.10. The van der Waals surface area contributed by atoms with Gasteiger partial charge in [-0.15, -0.1) is 0 Å². The summed E-state index contributed by atoms with van der Waals surface area (Å²) in [5.74, 6) is -1.04. The van der Waals surface area contributed by atoms with E-state index in [9.17, 15) is 9.18 Å². The predicted octanol–water partition coefficient (Wildman–Crippen LogP) is 3.05. The molecule has 0 fully saturated rings. The minimum atomic E-state index is -0.742. The van der Waals surface area contributed by atoms with E-state index in [2.05, 4.69) is 15.9 Å². The molecule has 72 valence electrons. The van der Waals surface area contributed by atoms with Crippen LogP contribution in [0.4, 0.5) is 4.39 Å². The quantitative estimate of drug-likeness (QED) is 0.763. The summed E-state index contributed by atoms with van der Waals surface area (Å²) in [4.78, 5) is 11.2. The molecule has 1 aromatic rings. The van der Waals surface area contributed by atoms with Gasteiger partial charge < -0.3 is 0 Å². The molecule has 0 unspecified atom stereocenters. The monoisotopic (exact) mass is 255 g/mol. The van der Waals surface area contributed by atoms with Gasteiger partial charge in [-0.05, 0) is 28.1 Å². The number of ketones is 1. The van der Waals surface area contributed by atoms with Gasteiger partial charge in [0.05, 0.1) is 5.56 Å². The fourth-order valence-electron chi connectivity index (χ4n) is 1.06. The minimum absolute atomic E-state index is 0.0211. The highest BCUT2D eigenvalue weighted by atomic mass is 79.9. The lowest BCUT2D eigenvalue weighted by atomic mass is 10.1. The highest BCUT2D eigenvalue weighted by Gasteiger charge is 2.15. The largest absolute Gasteiger partial charge is 0.294 e. The third-order valence-electron chi connectivity index (χ3n) is 1.82. The van der Waals surface area contributed by atoms with E-state index in [1.54, 1.807) is 13.0 Å². The van der Waals surface area contributed by atoms with Gasteiger partial charge in [0.25, 0.3) is 0 Å². The summed E-state index contributed by atoms with van der Waals surface area (Å²) in [5, 5.41) is 8.65. The number of halogens is 2. The van der Waals surface area contributed by atoms with Gasteiger partial charge in [0.2, 0.25) is 0 Å². The predicted molar refractivity (Wildman–Crippen MR) is 53.4 cm³/mol. The van der Waals surface area contributed by atoms with Crippen molar-refractivity contribution in [2.45, 2.75) is 13.3 Å². The standard InChI is InChI=1S/C10H7BrFNO/c1-2-9(14)6-3-4-8(11)7(5-13)10(6)12/h3-4H,2H2,1H3. The number of hydrogen-bond donors (Lipinski definition) is 0. The van der Waals surface area contributed by atoms with E-state index < -0.39 is 5.82 Å². The Labute approximate surface area is 89.5 Å². The topological polar surface area (TPSA) is 40.9 Å². The number of carbonyl (C=O) groups excluding carboxylic acids is 1. The van der Waals surface area contributed by atoms with Crippen LogP contribution in [0.2, 0.25) is 0 Å². The van der Waals surface area contributed by atoms with Crippen molar-refractivity contribution >= 4 is 21.7 Å². The number of carbonyl (C=O) groups is 1. The van der Waals surface area contributed by atoms with Crippen LogP contribution in [0.3, 0.4) is 0 Å². The van der Waals surface area contributed by atoms with Gasteiger partial charge >= 0.3 is 0 Å². The van der Waals surface area contributed by atoms with Gasteiger partial charge in [-0.2, -0.15) is 5.26 Å². The van der Waals surface area contributed by atoms with Gasteiger partial charge in [-0.1, -0.05) is 6.92 Å². The minimum Gasteiger partial charge on any atom is -0.294 e. The Morgan fingerprint density at radius 1 is 1.64 bits per heavy atom. The van der Waals surface area contributed by atoms with Crippen LogP contribution in [0, 0.1) is 17.1 Å². The second kappa shape index (κ2) is 4.34. The maximum absolute atomic E-state index is 13.5. The van der Waals surface area contributed by atoms with Gasteiger partial charge in [0.1, 0.15) is 11.6 Å². The average Bonchev–Trinajstić information content (AvgIpc) is 2.18. The van der Waals surface area contributed by atoms with E-state index in [0.29, 0.717) is 4.47 Å². The summed E-state index contributed by atoms with van der Waals surface area (Å²) in [6.45, 7) is 1.65. The summed E-state index contributed by atoms with van der Waals surface area (Å²) >= 11 is 3.04. The van der Waals surface area contributed by atoms with Crippen LogP contribution in [-0.4, -0.2) is 5.78 Å². The SMILES string of the molecule is CCC(=O)c1ccc(Br)c(C#N)c1F. The van der Waals surface area contributed by atoms with Gasteiger partial charge in [-0.3, -0.25) is 4.79 Å². The van der Waals surface area contributed by atoms with Crippen molar-refractivity contribution in [2.75, 3.05) is 0 Å². The molecular formula is C10H7BrFNO. The second-order valence-electron chi connectivity index (χ2n) is 2.67. The summed E-state index contributed by atoms with van der Waals surface area (Å²) in [5.41, 5.74) is -0.142. The van der Waals surface area contributed by atoms with Crippen molar-refractivity contribution in [1.29, 1.82) is 5.26 Å². The molecule has 4 heteroatoms. The zero-order valence-corrected chi connectivity index (χ0v) is 9.06. The smallest absolute Gasteiger partial charge is 0.165 e. The third kappa shape index (κ3) is 1.83. The number of nitriles is 1. The second-order valence-corrected chi connectivity index (χ2v) is 3.53. The van der Waals surface area contributed by atoms with E-state index >= 15 is 0 Å². The van der Waals surface area contributed by atoms with E-state index in [0.717, 1.165) is 0 Å². The average molecular weight is 256 g/mol. The summed E-state index contributed by atoms with van der Waals surface area (Å²) in [6, 6.07) is 4.59. The van der Waals surface area contributed by atoms with Crippen molar-refractivity contribution in [3.05, 3.63) is 33.5 Å². The van der Waals surface area contributed by atoms with Gasteiger partial charge in [0.15, 0.2) is 11.6 Å². The molecule has 0 aromatic heterocycles. The van der Waals surface area contributed by atoms with Crippen molar-refractivity contribution in [3.63, 3.8) is 0 Å². The Kier molecular flexibility index (Phi) is 3.37. The van der Waals surface area contributed by atoms with Crippen molar-refractivity contribution < 1.29 is 9.18 Å². The van der Waals surface area contributed by atoms with Gasteiger partial charge in [0, 0.05) is 10.9 Å². The molecule has 1 aromatic carbocycles. The van der Waals surface area contributed by atoms with Gasteiger partial charge in [-0.25, -0.2) is 4.39 Å². The van der Waals surface area contributed by atoms with Crippen LogP contribution in [0.5, 0.6) is 0 Å². The summed E-state index contributed by atoms with van der Waals surface area (Å²) in [6.07, 6.45) is 0.226. The van der Waals surface area contributed by atoms with Crippen LogP contribution in [0.25, 0.3) is 0 Å². The summed E-state index contributed by atoms with van der Waals surface area (Å²) < 4.78 is 13.9. The van der Waals surface area contributed by atoms with Crippen molar-refractivity contribution in [1.82, 2.24) is 0 Å². The van der Waals surface area contributed by atoms with Crippen molar-refractivity contribution in [2.24, 2.45) is 0 Å². The molecule has 0 aliphatic rings. The normalized spacial score (nSPS) is 9.57. The maximum atomic E-state index is 13.5. The lowest BCUT2D eigenvalue weighted by Crippen LogP contribution is -2.02. The molecule has 14 heavy (non-hydrogen) atoms. The fourth-order valence-corrected chi connectivity index (χ4v) is 1.46. The molecule has 0 atom stereocenters. The van der Waals surface area contributed by atoms with Crippen LogP contribution in [0.15, 0.2) is 16.6 Å². The molecule has 0 heterocycles. The van der Waals surface area contributed by atoms with Crippen LogP contribution in [0.1, 0.15) is 29.3 Å². The van der Waals surface area contributed by atoms with E-state index in [1.807, 2.05) is 0 Å². The number of rotatable bonds is 2. The first kappa shape index (κ1) is 10.9. The molecule has 0 amide bonds.